The smallest absolute Gasteiger partial charge is 0.374 e. The minimum absolute atomic E-state index is 0.0124. The van der Waals surface area contributed by atoms with E-state index in [0.717, 1.165) is 0 Å². The fourth-order valence-corrected chi connectivity index (χ4v) is 5.95. The van der Waals surface area contributed by atoms with Gasteiger partial charge in [0.15, 0.2) is 12.3 Å². The Labute approximate surface area is 269 Å². The van der Waals surface area contributed by atoms with Crippen molar-refractivity contribution in [1.29, 1.82) is 0 Å². The van der Waals surface area contributed by atoms with Crippen LogP contribution in [-0.2, 0) is 36.9 Å². The Morgan fingerprint density at radius 1 is 0.872 bits per heavy atom. The number of nitrogens with one attached hydrogen (secondary N) is 1. The number of aromatic carboxylic acids is 1. The van der Waals surface area contributed by atoms with E-state index in [-0.39, 0.29) is 61.0 Å². The molecule has 1 aromatic heterocycles. The summed E-state index contributed by atoms with van der Waals surface area (Å²) in [5.41, 5.74) is 1.06. The second-order valence-corrected chi connectivity index (χ2v) is 14.9. The van der Waals surface area contributed by atoms with Gasteiger partial charge in [-0.2, -0.15) is 29.8 Å². The number of aryl methyl sites for hydroxylation is 1. The van der Waals surface area contributed by atoms with Crippen molar-refractivity contribution >= 4 is 65.1 Å². The zero-order valence-corrected chi connectivity index (χ0v) is 26.8. The Hall–Kier alpha value is -4.34. The first-order chi connectivity index (χ1) is 21.9. The van der Waals surface area contributed by atoms with Crippen LogP contribution in [0.5, 0.6) is 5.75 Å². The summed E-state index contributed by atoms with van der Waals surface area (Å²) in [6.45, 7) is -0.308. The molecule has 0 saturated heterocycles. The summed E-state index contributed by atoms with van der Waals surface area (Å²) in [5, 5.41) is 11.8. The second-order valence-electron chi connectivity index (χ2n) is 10.2. The largest absolute Gasteiger partial charge is 0.478 e. The van der Waals surface area contributed by atoms with Crippen LogP contribution in [0.15, 0.2) is 58.9 Å². The summed E-state index contributed by atoms with van der Waals surface area (Å²) in [7, 11) is -12.9. The lowest BCUT2D eigenvalue weighted by molar-refractivity contribution is -0.677. The number of hydrogen-bond acceptors (Lipinski definition) is 11. The van der Waals surface area contributed by atoms with Gasteiger partial charge in [-0.15, -0.1) is 0 Å². The highest BCUT2D eigenvalue weighted by molar-refractivity contribution is 7.86. The van der Waals surface area contributed by atoms with Crippen LogP contribution < -0.4 is 19.5 Å². The van der Waals surface area contributed by atoms with Gasteiger partial charge < -0.3 is 24.5 Å². The van der Waals surface area contributed by atoms with Gasteiger partial charge in [0.2, 0.25) is 11.5 Å². The molecule has 254 valence electrons. The minimum atomic E-state index is -4.30. The standard InChI is InChI=1S/C27H29N3O14S3/c31-26(28-10-15-47(40,41)42)18-6-8-22-20(16-18)29(11-2-13-45(34,35)36)24(43-22)4-1-5-25-30(12-3-14-46(37,38)39)21-17-19(27(32)33)7-9-23(21)44-25/h1,4-9,16-17H,2-3,10-15H2,(H4-,28,31,32,33,34,35,36,37,38,39,40,41,42)/p+1. The third kappa shape index (κ3) is 10.1. The fourth-order valence-electron chi connectivity index (χ4n) is 4.60. The molecule has 0 unspecified atom stereocenters. The van der Waals surface area contributed by atoms with Crippen molar-refractivity contribution in [2.75, 3.05) is 35.2 Å². The van der Waals surface area contributed by atoms with Gasteiger partial charge in [0.05, 0.1) is 34.6 Å². The first-order valence-corrected chi connectivity index (χ1v) is 18.5. The number of anilines is 1. The number of amides is 1. The number of carboxylic acid groups (broad SMARTS) is 1. The van der Waals surface area contributed by atoms with Crippen molar-refractivity contribution in [2.45, 2.75) is 19.4 Å². The number of ether oxygens (including phenoxy) is 1. The maximum atomic E-state index is 12.6. The number of hydrogen-bond donors (Lipinski definition) is 5. The molecule has 0 spiro atoms. The molecule has 47 heavy (non-hydrogen) atoms. The van der Waals surface area contributed by atoms with Crippen molar-refractivity contribution in [3.8, 4) is 5.75 Å². The molecule has 0 atom stereocenters. The van der Waals surface area contributed by atoms with E-state index in [1.54, 1.807) is 0 Å². The molecule has 0 saturated carbocycles. The zero-order valence-electron chi connectivity index (χ0n) is 24.3. The van der Waals surface area contributed by atoms with Gasteiger partial charge in [0, 0.05) is 31.1 Å². The van der Waals surface area contributed by atoms with Crippen molar-refractivity contribution in [1.82, 2.24) is 5.32 Å². The third-order valence-electron chi connectivity index (χ3n) is 6.66. The lowest BCUT2D eigenvalue weighted by Gasteiger charge is -2.17. The highest BCUT2D eigenvalue weighted by atomic mass is 32.2. The summed E-state index contributed by atoms with van der Waals surface area (Å²) < 4.78 is 108. The monoisotopic (exact) mass is 716 g/mol. The summed E-state index contributed by atoms with van der Waals surface area (Å²) in [5.74, 6) is -2.99. The molecule has 2 aromatic carbocycles. The Morgan fingerprint density at radius 2 is 1.53 bits per heavy atom. The lowest BCUT2D eigenvalue weighted by Crippen LogP contribution is -2.36. The van der Waals surface area contributed by atoms with E-state index < -0.39 is 59.5 Å². The molecule has 1 aliphatic rings. The Balaban J connectivity index is 1.66. The average molecular weight is 717 g/mol. The molecule has 1 amide bonds. The Kier molecular flexibility index (Phi) is 10.7. The molecule has 2 heterocycles. The second kappa shape index (κ2) is 14.2. The van der Waals surface area contributed by atoms with Gasteiger partial charge >= 0.3 is 11.9 Å². The zero-order chi connectivity index (χ0) is 34.6. The summed E-state index contributed by atoms with van der Waals surface area (Å²) >= 11 is 0. The normalized spacial score (nSPS) is 14.5. The van der Waals surface area contributed by atoms with Crippen LogP contribution in [0.2, 0.25) is 0 Å². The highest BCUT2D eigenvalue weighted by Gasteiger charge is 2.28. The van der Waals surface area contributed by atoms with E-state index in [0.29, 0.717) is 17.0 Å². The topological polar surface area (TPSA) is 259 Å². The van der Waals surface area contributed by atoms with Gasteiger partial charge in [0.1, 0.15) is 0 Å². The first kappa shape index (κ1) is 35.5. The van der Waals surface area contributed by atoms with Gasteiger partial charge in [-0.1, -0.05) is 0 Å². The number of fused-ring (bicyclic) bond motifs is 2. The molecule has 4 rings (SSSR count). The number of carbonyl (C=O) groups excluding carboxylic acids is 1. The van der Waals surface area contributed by atoms with Crippen LogP contribution in [0.25, 0.3) is 17.2 Å². The van der Waals surface area contributed by atoms with Crippen LogP contribution >= 0.6 is 0 Å². The van der Waals surface area contributed by atoms with Gasteiger partial charge in [0.25, 0.3) is 41.8 Å². The molecule has 5 N–H and O–H groups in total. The lowest BCUT2D eigenvalue weighted by atomic mass is 10.2. The first-order valence-electron chi connectivity index (χ1n) is 13.7. The number of carboxylic acids is 1. The number of carbonyl (C=O) groups is 2. The van der Waals surface area contributed by atoms with E-state index >= 15 is 0 Å². The molecule has 1 aliphatic heterocycles. The molecular formula is C27H30N3O14S3+. The molecular weight excluding hydrogens is 687 g/mol. The molecule has 0 radical (unpaired) electrons. The number of nitrogens with zero attached hydrogens (tertiary/aromatic N) is 2. The molecule has 3 aromatic rings. The average Bonchev–Trinajstić information content (AvgIpc) is 3.47. The predicted octanol–water partition coefficient (Wildman–Crippen LogP) is 1.35. The summed E-state index contributed by atoms with van der Waals surface area (Å²) in [4.78, 5) is 25.7. The van der Waals surface area contributed by atoms with E-state index in [1.165, 1.54) is 64.1 Å². The van der Waals surface area contributed by atoms with E-state index in [4.69, 9.17) is 18.3 Å². The molecule has 0 bridgehead atoms. The van der Waals surface area contributed by atoms with E-state index in [1.807, 2.05) is 0 Å². The van der Waals surface area contributed by atoms with Gasteiger partial charge in [-0.25, -0.2) is 4.79 Å². The number of benzene rings is 2. The minimum Gasteiger partial charge on any atom is -0.478 e. The van der Waals surface area contributed by atoms with E-state index in [9.17, 15) is 44.5 Å². The number of aromatic nitrogens is 1. The van der Waals surface area contributed by atoms with Gasteiger partial charge in [-0.05, 0) is 48.9 Å². The van der Waals surface area contributed by atoms with Crippen LogP contribution in [0.3, 0.4) is 0 Å². The van der Waals surface area contributed by atoms with Crippen LogP contribution in [-0.4, -0.2) is 86.2 Å². The predicted molar refractivity (Wildman–Crippen MR) is 166 cm³/mol. The maximum absolute atomic E-state index is 12.6. The van der Waals surface area contributed by atoms with Crippen molar-refractivity contribution in [3.05, 3.63) is 71.5 Å². The molecule has 0 fully saturated rings. The SMILES string of the molecule is O=C(O)c1ccc2c(c1)N(CCCS(=O)(=O)O)C(=CC=Cc1oc3ccc(C(=O)NCCS(=O)(=O)O)cc3[n+]1CCCS(=O)(=O)O)O2. The molecule has 0 aliphatic carbocycles. The van der Waals surface area contributed by atoms with Crippen LogP contribution in [0, 0.1) is 0 Å². The highest BCUT2D eigenvalue weighted by Crippen LogP contribution is 2.39. The Morgan fingerprint density at radius 3 is 2.19 bits per heavy atom. The van der Waals surface area contributed by atoms with Crippen molar-refractivity contribution < 1.29 is 67.3 Å². The Bertz CT molecular complexity index is 2090. The fraction of sp³-hybridized carbons (Fsp3) is 0.296. The van der Waals surface area contributed by atoms with Gasteiger partial charge in [-0.3, -0.25) is 18.5 Å². The van der Waals surface area contributed by atoms with Crippen molar-refractivity contribution in [2.24, 2.45) is 0 Å². The van der Waals surface area contributed by atoms with Crippen LogP contribution in [0.1, 0.15) is 39.4 Å². The summed E-state index contributed by atoms with van der Waals surface area (Å²) in [6.07, 6.45) is 4.39. The number of rotatable bonds is 15. The molecule has 17 nitrogen and oxygen atoms in total. The molecule has 20 heteroatoms. The summed E-state index contributed by atoms with van der Waals surface area (Å²) in [6, 6.07) is 8.44. The maximum Gasteiger partial charge on any atom is 0.374 e. The third-order valence-corrected chi connectivity index (χ3v) is 8.99. The van der Waals surface area contributed by atoms with Crippen LogP contribution in [0.4, 0.5) is 5.69 Å². The quantitative estimate of drug-likeness (QED) is 0.110. The van der Waals surface area contributed by atoms with E-state index in [2.05, 4.69) is 5.32 Å². The number of oxazole rings is 1. The number of allylic oxidation sites excluding steroid dienone is 2. The van der Waals surface area contributed by atoms with Crippen molar-refractivity contribution in [3.63, 3.8) is 0 Å².